The Morgan fingerprint density at radius 3 is 2.83 bits per heavy atom. The molecular formula is C13H9BrN2OS. The molecule has 0 radical (unpaired) electrons. The highest BCUT2D eigenvalue weighted by molar-refractivity contribution is 9.11. The molecule has 3 aromatic rings. The summed E-state index contributed by atoms with van der Waals surface area (Å²) in [5, 5.41) is 4.92. The minimum atomic E-state index is -0.0331. The summed E-state index contributed by atoms with van der Waals surface area (Å²) >= 11 is 5.12. The predicted octanol–water partition coefficient (Wildman–Crippen LogP) is 3.27. The minimum Gasteiger partial charge on any atom is -0.287 e. The first-order valence-corrected chi connectivity index (χ1v) is 7.04. The molecule has 0 saturated carbocycles. The van der Waals surface area contributed by atoms with E-state index in [4.69, 9.17) is 0 Å². The van der Waals surface area contributed by atoms with Crippen LogP contribution in [0.1, 0.15) is 4.88 Å². The minimum absolute atomic E-state index is 0.0331. The lowest BCUT2D eigenvalue weighted by Crippen LogP contribution is -2.12. The molecule has 0 N–H and O–H groups in total. The number of hydrogen-bond acceptors (Lipinski definition) is 3. The molecule has 0 spiro atoms. The standard InChI is InChI=1S/C13H9BrN2OS/c14-13-6-5-9(18-13)8-16-11-4-2-1-3-10(11)12(17)7-15-16/h1-7H,8H2. The first-order valence-electron chi connectivity index (χ1n) is 5.43. The highest BCUT2D eigenvalue weighted by Crippen LogP contribution is 2.23. The predicted molar refractivity (Wildman–Crippen MR) is 77.1 cm³/mol. The topological polar surface area (TPSA) is 34.9 Å². The van der Waals surface area contributed by atoms with E-state index in [1.165, 1.54) is 11.1 Å². The molecule has 0 unspecified atom stereocenters. The second-order valence-corrected chi connectivity index (χ2v) is 6.44. The number of benzene rings is 1. The Kier molecular flexibility index (Phi) is 3.01. The first kappa shape index (κ1) is 11.6. The maximum atomic E-state index is 11.7. The van der Waals surface area contributed by atoms with Gasteiger partial charge in [0.2, 0.25) is 5.43 Å². The summed E-state index contributed by atoms with van der Waals surface area (Å²) in [5.41, 5.74) is 0.837. The van der Waals surface area contributed by atoms with Gasteiger partial charge in [0.1, 0.15) is 0 Å². The molecule has 0 fully saturated rings. The van der Waals surface area contributed by atoms with Crippen molar-refractivity contribution in [1.29, 1.82) is 0 Å². The summed E-state index contributed by atoms with van der Waals surface area (Å²) in [7, 11) is 0. The van der Waals surface area contributed by atoms with Crippen LogP contribution in [0.4, 0.5) is 0 Å². The SMILES string of the molecule is O=c1cnn(Cc2ccc(Br)s2)c2ccccc12. The van der Waals surface area contributed by atoms with E-state index in [2.05, 4.69) is 27.1 Å². The molecule has 0 aliphatic rings. The van der Waals surface area contributed by atoms with Crippen molar-refractivity contribution >= 4 is 38.2 Å². The molecule has 3 rings (SSSR count). The zero-order valence-electron chi connectivity index (χ0n) is 9.34. The molecule has 0 amide bonds. The number of para-hydroxylation sites is 1. The van der Waals surface area contributed by atoms with Crippen molar-refractivity contribution < 1.29 is 0 Å². The van der Waals surface area contributed by atoms with E-state index < -0.39 is 0 Å². The number of aromatic nitrogens is 2. The molecule has 18 heavy (non-hydrogen) atoms. The Balaban J connectivity index is 2.12. The summed E-state index contributed by atoms with van der Waals surface area (Å²) in [5.74, 6) is 0. The maximum Gasteiger partial charge on any atom is 0.207 e. The van der Waals surface area contributed by atoms with Crippen molar-refractivity contribution in [3.8, 4) is 0 Å². The van der Waals surface area contributed by atoms with E-state index >= 15 is 0 Å². The molecule has 5 heteroatoms. The number of nitrogens with zero attached hydrogens (tertiary/aromatic N) is 2. The number of rotatable bonds is 2. The molecule has 2 aromatic heterocycles. The van der Waals surface area contributed by atoms with Gasteiger partial charge in [-0.2, -0.15) is 5.10 Å². The van der Waals surface area contributed by atoms with Gasteiger partial charge >= 0.3 is 0 Å². The van der Waals surface area contributed by atoms with E-state index in [-0.39, 0.29) is 5.43 Å². The van der Waals surface area contributed by atoms with E-state index in [0.717, 1.165) is 9.30 Å². The van der Waals surface area contributed by atoms with Crippen molar-refractivity contribution in [3.05, 3.63) is 61.5 Å². The Morgan fingerprint density at radius 1 is 1.22 bits per heavy atom. The van der Waals surface area contributed by atoms with Crippen molar-refractivity contribution in [2.24, 2.45) is 0 Å². The van der Waals surface area contributed by atoms with Gasteiger partial charge in [0, 0.05) is 10.3 Å². The normalized spacial score (nSPS) is 10.9. The van der Waals surface area contributed by atoms with Crippen LogP contribution < -0.4 is 5.43 Å². The molecule has 1 aromatic carbocycles. The van der Waals surface area contributed by atoms with Crippen LogP contribution in [0.2, 0.25) is 0 Å². The highest BCUT2D eigenvalue weighted by Gasteiger charge is 2.05. The lowest BCUT2D eigenvalue weighted by molar-refractivity contribution is 0.702. The molecular weight excluding hydrogens is 312 g/mol. The van der Waals surface area contributed by atoms with E-state index in [1.54, 1.807) is 11.3 Å². The molecule has 3 nitrogen and oxygen atoms in total. The lowest BCUT2D eigenvalue weighted by Gasteiger charge is -2.07. The van der Waals surface area contributed by atoms with Crippen LogP contribution in [0.3, 0.4) is 0 Å². The second-order valence-electron chi connectivity index (χ2n) is 3.89. The number of halogens is 1. The lowest BCUT2D eigenvalue weighted by atomic mass is 10.2. The monoisotopic (exact) mass is 320 g/mol. The van der Waals surface area contributed by atoms with Gasteiger partial charge in [-0.05, 0) is 40.2 Å². The van der Waals surface area contributed by atoms with E-state index in [1.807, 2.05) is 35.0 Å². The van der Waals surface area contributed by atoms with Crippen molar-refractivity contribution in [3.63, 3.8) is 0 Å². The van der Waals surface area contributed by atoms with Crippen LogP contribution in [0, 0.1) is 0 Å². The highest BCUT2D eigenvalue weighted by atomic mass is 79.9. The van der Waals surface area contributed by atoms with Crippen LogP contribution >= 0.6 is 27.3 Å². The zero-order chi connectivity index (χ0) is 12.5. The van der Waals surface area contributed by atoms with E-state index in [0.29, 0.717) is 11.9 Å². The van der Waals surface area contributed by atoms with Gasteiger partial charge in [0.15, 0.2) is 0 Å². The fourth-order valence-electron chi connectivity index (χ4n) is 1.87. The molecule has 0 atom stereocenters. The third-order valence-electron chi connectivity index (χ3n) is 2.70. The summed E-state index contributed by atoms with van der Waals surface area (Å²) in [6.45, 7) is 0.678. The van der Waals surface area contributed by atoms with Gasteiger partial charge in [-0.1, -0.05) is 12.1 Å². The van der Waals surface area contributed by atoms with Gasteiger partial charge in [-0.3, -0.25) is 9.48 Å². The fraction of sp³-hybridized carbons (Fsp3) is 0.0769. The van der Waals surface area contributed by atoms with Crippen molar-refractivity contribution in [2.45, 2.75) is 6.54 Å². The fourth-order valence-corrected chi connectivity index (χ4v) is 3.34. The molecule has 2 heterocycles. The average molecular weight is 321 g/mol. The number of thiophene rings is 1. The third kappa shape index (κ3) is 2.11. The van der Waals surface area contributed by atoms with Crippen molar-refractivity contribution in [2.75, 3.05) is 0 Å². The van der Waals surface area contributed by atoms with Gasteiger partial charge in [0.25, 0.3) is 0 Å². The summed E-state index contributed by atoms with van der Waals surface area (Å²) in [4.78, 5) is 12.9. The second kappa shape index (κ2) is 4.66. The molecule has 0 saturated heterocycles. The van der Waals surface area contributed by atoms with Crippen LogP contribution in [0.15, 0.2) is 51.2 Å². The van der Waals surface area contributed by atoms with E-state index in [9.17, 15) is 4.79 Å². The Morgan fingerprint density at radius 2 is 2.06 bits per heavy atom. The molecule has 90 valence electrons. The van der Waals surface area contributed by atoms with Gasteiger partial charge in [-0.25, -0.2) is 0 Å². The largest absolute Gasteiger partial charge is 0.287 e. The first-order chi connectivity index (χ1) is 8.74. The average Bonchev–Trinajstić information content (AvgIpc) is 2.79. The van der Waals surface area contributed by atoms with Crippen LogP contribution in [-0.2, 0) is 6.54 Å². The zero-order valence-corrected chi connectivity index (χ0v) is 11.7. The summed E-state index contributed by atoms with van der Waals surface area (Å²) < 4.78 is 2.96. The maximum absolute atomic E-state index is 11.7. The molecule has 0 aliphatic heterocycles. The Labute approximate surface area is 116 Å². The van der Waals surface area contributed by atoms with Crippen molar-refractivity contribution in [1.82, 2.24) is 9.78 Å². The van der Waals surface area contributed by atoms with Crippen LogP contribution in [0.25, 0.3) is 10.9 Å². The summed E-state index contributed by atoms with van der Waals surface area (Å²) in [6.07, 6.45) is 1.38. The van der Waals surface area contributed by atoms with Crippen LogP contribution in [0.5, 0.6) is 0 Å². The third-order valence-corrected chi connectivity index (χ3v) is 4.30. The van der Waals surface area contributed by atoms with Gasteiger partial charge < -0.3 is 0 Å². The van der Waals surface area contributed by atoms with Gasteiger partial charge in [-0.15, -0.1) is 11.3 Å². The Hall–Kier alpha value is -1.46. The quantitative estimate of drug-likeness (QED) is 0.726. The Bertz CT molecular complexity index is 763. The number of hydrogen-bond donors (Lipinski definition) is 0. The molecule has 0 aliphatic carbocycles. The van der Waals surface area contributed by atoms with Crippen LogP contribution in [-0.4, -0.2) is 9.78 Å². The smallest absolute Gasteiger partial charge is 0.207 e. The summed E-state index contributed by atoms with van der Waals surface area (Å²) in [6, 6.07) is 11.6. The molecule has 0 bridgehead atoms. The number of fused-ring (bicyclic) bond motifs is 1. The van der Waals surface area contributed by atoms with Gasteiger partial charge in [0.05, 0.1) is 22.0 Å².